The molecular weight excluding hydrogens is 214 g/mol. The van der Waals surface area contributed by atoms with Gasteiger partial charge in [-0.3, -0.25) is 0 Å². The molecule has 0 amide bonds. The van der Waals surface area contributed by atoms with Crippen LogP contribution < -0.4 is 0 Å². The van der Waals surface area contributed by atoms with Crippen molar-refractivity contribution in [3.05, 3.63) is 35.7 Å². The highest BCUT2D eigenvalue weighted by Gasteiger charge is 2.09. The van der Waals surface area contributed by atoms with Crippen molar-refractivity contribution in [2.75, 3.05) is 13.7 Å². The Morgan fingerprint density at radius 3 is 2.82 bits per heavy atom. The Bertz CT molecular complexity index is 505. The lowest BCUT2D eigenvalue weighted by atomic mass is 10.1. The zero-order chi connectivity index (χ0) is 12.3. The Morgan fingerprint density at radius 1 is 1.29 bits per heavy atom. The number of methoxy groups -OCH3 is 1. The summed E-state index contributed by atoms with van der Waals surface area (Å²) in [6.07, 6.45) is 1.74. The first kappa shape index (κ1) is 11.8. The van der Waals surface area contributed by atoms with Crippen LogP contribution in [0.4, 0.5) is 0 Å². The quantitative estimate of drug-likeness (QED) is 0.810. The van der Waals surface area contributed by atoms with Crippen molar-refractivity contribution in [3.8, 4) is 11.4 Å². The van der Waals surface area contributed by atoms with Crippen molar-refractivity contribution in [1.82, 2.24) is 14.8 Å². The molecule has 4 nitrogen and oxygen atoms in total. The highest BCUT2D eigenvalue weighted by molar-refractivity contribution is 5.60. The predicted octanol–water partition coefficient (Wildman–Crippen LogP) is 2.21. The first-order valence-electron chi connectivity index (χ1n) is 5.66. The van der Waals surface area contributed by atoms with Crippen LogP contribution in [0.5, 0.6) is 0 Å². The normalized spacial score (nSPS) is 10.8. The molecule has 17 heavy (non-hydrogen) atoms. The molecule has 0 N–H and O–H groups in total. The smallest absolute Gasteiger partial charge is 0.164 e. The van der Waals surface area contributed by atoms with Crippen LogP contribution in [0.25, 0.3) is 11.4 Å². The molecule has 0 aliphatic carbocycles. The van der Waals surface area contributed by atoms with Gasteiger partial charge in [0, 0.05) is 19.2 Å². The van der Waals surface area contributed by atoms with Crippen molar-refractivity contribution in [2.45, 2.75) is 20.4 Å². The molecular formula is C13H17N3O. The Hall–Kier alpha value is -1.68. The van der Waals surface area contributed by atoms with Gasteiger partial charge in [0.1, 0.15) is 6.33 Å². The molecule has 1 aromatic carbocycles. The minimum Gasteiger partial charge on any atom is -0.383 e. The number of aromatic nitrogens is 3. The van der Waals surface area contributed by atoms with Gasteiger partial charge in [0.15, 0.2) is 5.82 Å². The lowest BCUT2D eigenvalue weighted by Gasteiger charge is -2.08. The molecule has 0 aliphatic heterocycles. The van der Waals surface area contributed by atoms with Gasteiger partial charge in [-0.25, -0.2) is 0 Å². The summed E-state index contributed by atoms with van der Waals surface area (Å²) in [5.41, 5.74) is 3.61. The molecule has 0 atom stereocenters. The molecule has 0 radical (unpaired) electrons. The maximum atomic E-state index is 5.08. The van der Waals surface area contributed by atoms with Crippen molar-refractivity contribution in [3.63, 3.8) is 0 Å². The monoisotopic (exact) mass is 231 g/mol. The molecule has 1 aromatic heterocycles. The average Bonchev–Trinajstić information content (AvgIpc) is 2.74. The van der Waals surface area contributed by atoms with Gasteiger partial charge < -0.3 is 9.30 Å². The summed E-state index contributed by atoms with van der Waals surface area (Å²) in [6, 6.07) is 6.35. The average molecular weight is 231 g/mol. The third-order valence-electron chi connectivity index (χ3n) is 2.77. The fraction of sp³-hybridized carbons (Fsp3) is 0.385. The second kappa shape index (κ2) is 5.10. The largest absolute Gasteiger partial charge is 0.383 e. The number of hydrogen-bond donors (Lipinski definition) is 0. The lowest BCUT2D eigenvalue weighted by Crippen LogP contribution is -2.05. The molecule has 0 bridgehead atoms. The van der Waals surface area contributed by atoms with E-state index >= 15 is 0 Å². The summed E-state index contributed by atoms with van der Waals surface area (Å²) in [5, 5.41) is 8.16. The molecule has 0 unspecified atom stereocenters. The van der Waals surface area contributed by atoms with E-state index in [1.165, 1.54) is 11.1 Å². The van der Waals surface area contributed by atoms with Gasteiger partial charge >= 0.3 is 0 Å². The molecule has 0 saturated heterocycles. The zero-order valence-corrected chi connectivity index (χ0v) is 10.5. The Kier molecular flexibility index (Phi) is 3.54. The summed E-state index contributed by atoms with van der Waals surface area (Å²) in [7, 11) is 1.70. The van der Waals surface area contributed by atoms with Crippen molar-refractivity contribution in [1.29, 1.82) is 0 Å². The van der Waals surface area contributed by atoms with E-state index in [1.807, 2.05) is 4.57 Å². The van der Waals surface area contributed by atoms with E-state index in [1.54, 1.807) is 13.4 Å². The van der Waals surface area contributed by atoms with Crippen LogP contribution in [0.2, 0.25) is 0 Å². The fourth-order valence-electron chi connectivity index (χ4n) is 1.88. The summed E-state index contributed by atoms with van der Waals surface area (Å²) in [5.74, 6) is 0.902. The number of ether oxygens (including phenoxy) is 1. The molecule has 0 fully saturated rings. The Labute approximate surface area is 101 Å². The number of benzene rings is 1. The molecule has 4 heteroatoms. The Balaban J connectivity index is 2.35. The third-order valence-corrected chi connectivity index (χ3v) is 2.77. The van der Waals surface area contributed by atoms with Crippen LogP contribution in [-0.4, -0.2) is 28.5 Å². The van der Waals surface area contributed by atoms with Gasteiger partial charge in [-0.05, 0) is 19.4 Å². The SMILES string of the molecule is COCCn1cnnc1-c1ccc(C)cc1C. The van der Waals surface area contributed by atoms with E-state index in [2.05, 4.69) is 42.2 Å². The van der Waals surface area contributed by atoms with Crippen molar-refractivity contribution < 1.29 is 4.74 Å². The topological polar surface area (TPSA) is 39.9 Å². The van der Waals surface area contributed by atoms with Gasteiger partial charge in [0.05, 0.1) is 6.61 Å². The number of aryl methyl sites for hydroxylation is 2. The van der Waals surface area contributed by atoms with Crippen molar-refractivity contribution >= 4 is 0 Å². The zero-order valence-electron chi connectivity index (χ0n) is 10.5. The standard InChI is InChI=1S/C13H17N3O/c1-10-4-5-12(11(2)8-10)13-15-14-9-16(13)6-7-17-3/h4-5,8-9H,6-7H2,1-3H3. The van der Waals surface area contributed by atoms with E-state index in [0.717, 1.165) is 17.9 Å². The number of hydrogen-bond acceptors (Lipinski definition) is 3. The van der Waals surface area contributed by atoms with Gasteiger partial charge in [0.2, 0.25) is 0 Å². The van der Waals surface area contributed by atoms with Crippen LogP contribution in [-0.2, 0) is 11.3 Å². The lowest BCUT2D eigenvalue weighted by molar-refractivity contribution is 0.187. The van der Waals surface area contributed by atoms with Gasteiger partial charge in [0.25, 0.3) is 0 Å². The van der Waals surface area contributed by atoms with Crippen LogP contribution in [0, 0.1) is 13.8 Å². The summed E-state index contributed by atoms with van der Waals surface area (Å²) >= 11 is 0. The number of rotatable bonds is 4. The summed E-state index contributed by atoms with van der Waals surface area (Å²) in [6.45, 7) is 5.62. The van der Waals surface area contributed by atoms with E-state index in [0.29, 0.717) is 6.61 Å². The summed E-state index contributed by atoms with van der Waals surface area (Å²) in [4.78, 5) is 0. The molecule has 1 heterocycles. The highest BCUT2D eigenvalue weighted by atomic mass is 16.5. The van der Waals surface area contributed by atoms with Crippen molar-refractivity contribution in [2.24, 2.45) is 0 Å². The third kappa shape index (κ3) is 2.53. The molecule has 90 valence electrons. The van der Waals surface area contributed by atoms with Crippen LogP contribution in [0.15, 0.2) is 24.5 Å². The molecule has 0 aliphatic rings. The highest BCUT2D eigenvalue weighted by Crippen LogP contribution is 2.21. The second-order valence-electron chi connectivity index (χ2n) is 4.16. The minimum atomic E-state index is 0.663. The first-order valence-corrected chi connectivity index (χ1v) is 5.66. The first-order chi connectivity index (χ1) is 8.22. The van der Waals surface area contributed by atoms with Crippen LogP contribution in [0.3, 0.4) is 0 Å². The van der Waals surface area contributed by atoms with Gasteiger partial charge in [-0.1, -0.05) is 23.8 Å². The van der Waals surface area contributed by atoms with E-state index in [4.69, 9.17) is 4.74 Å². The fourth-order valence-corrected chi connectivity index (χ4v) is 1.88. The Morgan fingerprint density at radius 2 is 2.12 bits per heavy atom. The molecule has 2 rings (SSSR count). The molecule has 0 spiro atoms. The van der Waals surface area contributed by atoms with Crippen LogP contribution in [0.1, 0.15) is 11.1 Å². The summed E-state index contributed by atoms with van der Waals surface area (Å²) < 4.78 is 7.09. The maximum absolute atomic E-state index is 5.08. The molecule has 0 saturated carbocycles. The number of nitrogens with zero attached hydrogens (tertiary/aromatic N) is 3. The minimum absolute atomic E-state index is 0.663. The predicted molar refractivity (Wildman–Crippen MR) is 66.8 cm³/mol. The van der Waals surface area contributed by atoms with Crippen LogP contribution >= 0.6 is 0 Å². The second-order valence-corrected chi connectivity index (χ2v) is 4.16. The maximum Gasteiger partial charge on any atom is 0.164 e. The van der Waals surface area contributed by atoms with E-state index in [9.17, 15) is 0 Å². The van der Waals surface area contributed by atoms with E-state index < -0.39 is 0 Å². The van der Waals surface area contributed by atoms with Gasteiger partial charge in [-0.2, -0.15) is 0 Å². The van der Waals surface area contributed by atoms with E-state index in [-0.39, 0.29) is 0 Å². The van der Waals surface area contributed by atoms with Gasteiger partial charge in [-0.15, -0.1) is 10.2 Å². The molecule has 2 aromatic rings.